The van der Waals surface area contributed by atoms with E-state index < -0.39 is 0 Å². The van der Waals surface area contributed by atoms with Crippen molar-refractivity contribution in [1.29, 1.82) is 0 Å². The summed E-state index contributed by atoms with van der Waals surface area (Å²) in [5.74, 6) is 0.626. The van der Waals surface area contributed by atoms with E-state index in [0.717, 1.165) is 44.3 Å². The fourth-order valence-corrected chi connectivity index (χ4v) is 3.73. The van der Waals surface area contributed by atoms with Gasteiger partial charge in [-0.1, -0.05) is 18.2 Å². The molecule has 1 aliphatic heterocycles. The van der Waals surface area contributed by atoms with Crippen LogP contribution in [0, 0.1) is 5.92 Å². The van der Waals surface area contributed by atoms with Crippen molar-refractivity contribution in [3.63, 3.8) is 0 Å². The fraction of sp³-hybridized carbons (Fsp3) is 0.333. The van der Waals surface area contributed by atoms with Gasteiger partial charge in [-0.05, 0) is 49.3 Å². The maximum absolute atomic E-state index is 12.6. The largest absolute Gasteiger partial charge is 0.339 e. The molecule has 5 heteroatoms. The van der Waals surface area contributed by atoms with Crippen LogP contribution in [-0.2, 0) is 6.42 Å². The van der Waals surface area contributed by atoms with E-state index in [-0.39, 0.29) is 5.91 Å². The Morgan fingerprint density at radius 1 is 1.08 bits per heavy atom. The molecule has 3 heterocycles. The first-order chi connectivity index (χ1) is 12.8. The average Bonchev–Trinajstić information content (AvgIpc) is 2.93. The number of hydrogen-bond donors (Lipinski definition) is 0. The number of fused-ring (bicyclic) bond motifs is 1. The van der Waals surface area contributed by atoms with Crippen molar-refractivity contribution in [2.45, 2.75) is 25.7 Å². The second kappa shape index (κ2) is 7.60. The molecule has 5 nitrogen and oxygen atoms in total. The van der Waals surface area contributed by atoms with Crippen LogP contribution < -0.4 is 0 Å². The number of carbonyl (C=O) groups is 1. The zero-order chi connectivity index (χ0) is 17.8. The predicted octanol–water partition coefficient (Wildman–Crippen LogP) is 3.51. The second-order valence-corrected chi connectivity index (χ2v) is 6.96. The lowest BCUT2D eigenvalue weighted by Crippen LogP contribution is -2.32. The molecule has 0 aliphatic carbocycles. The van der Waals surface area contributed by atoms with Gasteiger partial charge in [-0.3, -0.25) is 9.78 Å². The third-order valence-corrected chi connectivity index (χ3v) is 5.11. The van der Waals surface area contributed by atoms with Crippen LogP contribution in [0.3, 0.4) is 0 Å². The van der Waals surface area contributed by atoms with Crippen molar-refractivity contribution >= 4 is 16.8 Å². The molecular formula is C21H22N4O. The average molecular weight is 346 g/mol. The summed E-state index contributed by atoms with van der Waals surface area (Å²) in [6.45, 7) is 1.60. The third-order valence-electron chi connectivity index (χ3n) is 5.11. The maximum Gasteiger partial charge on any atom is 0.256 e. The number of pyridine rings is 1. The molecule has 2 aromatic heterocycles. The Labute approximate surface area is 153 Å². The number of carbonyl (C=O) groups excluding carboxylic acids is 1. The summed E-state index contributed by atoms with van der Waals surface area (Å²) in [5.41, 5.74) is 2.90. The molecule has 1 atom stereocenters. The molecular weight excluding hydrogens is 324 g/mol. The molecule has 0 bridgehead atoms. The molecule has 0 saturated carbocycles. The van der Waals surface area contributed by atoms with Crippen molar-refractivity contribution in [1.82, 2.24) is 19.9 Å². The highest BCUT2D eigenvalue weighted by atomic mass is 16.2. The number of likely N-dealkylation sites (tertiary alicyclic amines) is 1. The van der Waals surface area contributed by atoms with Crippen LogP contribution in [0.15, 0.2) is 55.2 Å². The van der Waals surface area contributed by atoms with Crippen LogP contribution in [-0.4, -0.2) is 38.8 Å². The van der Waals surface area contributed by atoms with E-state index >= 15 is 0 Å². The minimum atomic E-state index is 0.0404. The molecule has 0 unspecified atom stereocenters. The first-order valence-electron chi connectivity index (χ1n) is 9.17. The zero-order valence-corrected chi connectivity index (χ0v) is 14.7. The van der Waals surface area contributed by atoms with Crippen LogP contribution in [0.1, 0.15) is 35.2 Å². The zero-order valence-electron chi connectivity index (χ0n) is 14.7. The summed E-state index contributed by atoms with van der Waals surface area (Å²) < 4.78 is 0. The minimum absolute atomic E-state index is 0.0404. The van der Waals surface area contributed by atoms with Crippen LogP contribution in [0.4, 0.5) is 0 Å². The highest BCUT2D eigenvalue weighted by molar-refractivity contribution is 5.93. The van der Waals surface area contributed by atoms with E-state index in [4.69, 9.17) is 0 Å². The van der Waals surface area contributed by atoms with Gasteiger partial charge in [0.2, 0.25) is 0 Å². The molecule has 0 spiro atoms. The molecule has 1 saturated heterocycles. The van der Waals surface area contributed by atoms with E-state index in [9.17, 15) is 4.79 Å². The number of amides is 1. The lowest BCUT2D eigenvalue weighted by Gasteiger charge is -2.20. The number of aromatic nitrogens is 3. The smallest absolute Gasteiger partial charge is 0.256 e. The van der Waals surface area contributed by atoms with Crippen molar-refractivity contribution in [2.24, 2.45) is 5.92 Å². The van der Waals surface area contributed by atoms with Crippen LogP contribution >= 0.6 is 0 Å². The van der Waals surface area contributed by atoms with Crippen LogP contribution in [0.25, 0.3) is 10.9 Å². The first-order valence-corrected chi connectivity index (χ1v) is 9.17. The summed E-state index contributed by atoms with van der Waals surface area (Å²) in [4.78, 5) is 27.0. The molecule has 1 aromatic carbocycles. The molecule has 0 N–H and O–H groups in total. The standard InChI is InChI=1S/C21H22N4O/c26-21(19-13-22-15-23-14-19)25-8-3-4-16(7-9-25)10-17-11-18-5-1-2-6-20(18)24-12-17/h1-2,5-6,11-16H,3-4,7-10H2/t16-/m1/s1. The molecule has 1 aliphatic rings. The van der Waals surface area contributed by atoms with Gasteiger partial charge in [0.25, 0.3) is 5.91 Å². The van der Waals surface area contributed by atoms with Crippen LogP contribution in [0.2, 0.25) is 0 Å². The summed E-state index contributed by atoms with van der Waals surface area (Å²) in [5, 5.41) is 1.19. The van der Waals surface area contributed by atoms with E-state index in [1.165, 1.54) is 17.3 Å². The van der Waals surface area contributed by atoms with E-state index in [1.807, 2.05) is 23.2 Å². The fourth-order valence-electron chi connectivity index (χ4n) is 3.73. The van der Waals surface area contributed by atoms with Gasteiger partial charge in [0.05, 0.1) is 11.1 Å². The summed E-state index contributed by atoms with van der Waals surface area (Å²) in [6, 6.07) is 10.5. The number of nitrogens with zero attached hydrogens (tertiary/aromatic N) is 4. The first kappa shape index (κ1) is 16.6. The van der Waals surface area contributed by atoms with Crippen molar-refractivity contribution in [3.05, 3.63) is 66.4 Å². The molecule has 1 amide bonds. The molecule has 0 radical (unpaired) electrons. The van der Waals surface area contributed by atoms with Gasteiger partial charge in [0.15, 0.2) is 0 Å². The summed E-state index contributed by atoms with van der Waals surface area (Å²) in [7, 11) is 0. The topological polar surface area (TPSA) is 59.0 Å². The Morgan fingerprint density at radius 3 is 2.81 bits per heavy atom. The van der Waals surface area contributed by atoms with Crippen molar-refractivity contribution in [2.75, 3.05) is 13.1 Å². The maximum atomic E-state index is 12.6. The third kappa shape index (κ3) is 3.72. The van der Waals surface area contributed by atoms with Gasteiger partial charge in [0.1, 0.15) is 6.33 Å². The Hall–Kier alpha value is -2.82. The van der Waals surface area contributed by atoms with E-state index in [1.54, 1.807) is 12.4 Å². The van der Waals surface area contributed by atoms with Crippen LogP contribution in [0.5, 0.6) is 0 Å². The van der Waals surface area contributed by atoms with E-state index in [2.05, 4.69) is 33.2 Å². The van der Waals surface area contributed by atoms with Gasteiger partial charge in [0, 0.05) is 37.1 Å². The van der Waals surface area contributed by atoms with Gasteiger partial charge in [-0.2, -0.15) is 0 Å². The highest BCUT2D eigenvalue weighted by Crippen LogP contribution is 2.24. The van der Waals surface area contributed by atoms with E-state index in [0.29, 0.717) is 11.5 Å². The van der Waals surface area contributed by atoms with Crippen molar-refractivity contribution in [3.8, 4) is 0 Å². The number of para-hydroxylation sites is 1. The molecule has 132 valence electrons. The summed E-state index contributed by atoms with van der Waals surface area (Å²) >= 11 is 0. The predicted molar refractivity (Wildman–Crippen MR) is 101 cm³/mol. The molecule has 26 heavy (non-hydrogen) atoms. The van der Waals surface area contributed by atoms with Gasteiger partial charge in [-0.15, -0.1) is 0 Å². The Morgan fingerprint density at radius 2 is 1.92 bits per heavy atom. The number of hydrogen-bond acceptors (Lipinski definition) is 4. The van der Waals surface area contributed by atoms with Gasteiger partial charge < -0.3 is 4.90 Å². The number of rotatable bonds is 3. The molecule has 4 rings (SSSR count). The van der Waals surface area contributed by atoms with Gasteiger partial charge >= 0.3 is 0 Å². The minimum Gasteiger partial charge on any atom is -0.339 e. The molecule has 1 fully saturated rings. The Kier molecular flexibility index (Phi) is 4.86. The Balaban J connectivity index is 1.41. The monoisotopic (exact) mass is 346 g/mol. The lowest BCUT2D eigenvalue weighted by atomic mass is 9.93. The Bertz CT molecular complexity index is 897. The van der Waals surface area contributed by atoms with Crippen molar-refractivity contribution < 1.29 is 4.79 Å². The summed E-state index contributed by atoms with van der Waals surface area (Å²) in [6.07, 6.45) is 10.9. The SMILES string of the molecule is O=C(c1cncnc1)N1CCC[C@@H](Cc2cnc3ccccc3c2)CC1. The molecule has 3 aromatic rings. The van der Waals surface area contributed by atoms with Gasteiger partial charge in [-0.25, -0.2) is 9.97 Å². The highest BCUT2D eigenvalue weighted by Gasteiger charge is 2.22. The normalized spacial score (nSPS) is 17.8. The quantitative estimate of drug-likeness (QED) is 0.728. The lowest BCUT2D eigenvalue weighted by molar-refractivity contribution is 0.0759. The second-order valence-electron chi connectivity index (χ2n) is 6.96. The number of benzene rings is 1.